The Morgan fingerprint density at radius 2 is 2.17 bits per heavy atom. The summed E-state index contributed by atoms with van der Waals surface area (Å²) in [5, 5.41) is 9.65. The van der Waals surface area contributed by atoms with Crippen molar-refractivity contribution in [3.05, 3.63) is 41.5 Å². The van der Waals surface area contributed by atoms with Crippen LogP contribution in [0.5, 0.6) is 0 Å². The van der Waals surface area contributed by atoms with Gasteiger partial charge in [0.15, 0.2) is 5.82 Å². The summed E-state index contributed by atoms with van der Waals surface area (Å²) in [4.78, 5) is 30.6. The summed E-state index contributed by atoms with van der Waals surface area (Å²) in [6, 6.07) is 4.97. The molecule has 1 aliphatic heterocycles. The van der Waals surface area contributed by atoms with Crippen molar-refractivity contribution in [1.29, 1.82) is 5.26 Å². The first-order chi connectivity index (χ1) is 14.6. The first-order valence-electron chi connectivity index (χ1n) is 9.90. The molecule has 0 radical (unpaired) electrons. The SMILES string of the molecule is CCc1cnc(NOC(=O)N2CCCCC2)nc1-c1c[nH]c2c(F)c(C#N)ccc12. The Bertz CT molecular complexity index is 1130. The number of halogens is 1. The molecule has 0 saturated carbocycles. The number of aryl methyl sites for hydroxylation is 1. The molecule has 1 saturated heterocycles. The number of hydrogen-bond acceptors (Lipinski definition) is 6. The third-order valence-corrected chi connectivity index (χ3v) is 5.26. The van der Waals surface area contributed by atoms with Gasteiger partial charge in [0.25, 0.3) is 5.95 Å². The number of aromatic nitrogens is 3. The fraction of sp³-hybridized carbons (Fsp3) is 0.333. The van der Waals surface area contributed by atoms with Crippen molar-refractivity contribution < 1.29 is 14.0 Å². The minimum atomic E-state index is -0.595. The van der Waals surface area contributed by atoms with Crippen molar-refractivity contribution in [3.63, 3.8) is 0 Å². The highest BCUT2D eigenvalue weighted by atomic mass is 19.1. The molecule has 0 atom stereocenters. The van der Waals surface area contributed by atoms with Gasteiger partial charge in [-0.25, -0.2) is 19.2 Å². The van der Waals surface area contributed by atoms with Gasteiger partial charge in [0, 0.05) is 36.4 Å². The van der Waals surface area contributed by atoms with Crippen molar-refractivity contribution in [1.82, 2.24) is 19.9 Å². The molecule has 0 bridgehead atoms. The van der Waals surface area contributed by atoms with Crippen molar-refractivity contribution >= 4 is 22.9 Å². The van der Waals surface area contributed by atoms with E-state index < -0.39 is 11.9 Å². The van der Waals surface area contributed by atoms with Crippen molar-refractivity contribution in [2.24, 2.45) is 0 Å². The van der Waals surface area contributed by atoms with Gasteiger partial charge in [0.1, 0.15) is 6.07 Å². The van der Waals surface area contributed by atoms with Gasteiger partial charge >= 0.3 is 6.09 Å². The minimum Gasteiger partial charge on any atom is -0.358 e. The Labute approximate surface area is 172 Å². The number of rotatable bonds is 4. The first-order valence-corrected chi connectivity index (χ1v) is 9.90. The lowest BCUT2D eigenvalue weighted by Gasteiger charge is -2.25. The maximum absolute atomic E-state index is 14.5. The zero-order valence-corrected chi connectivity index (χ0v) is 16.5. The summed E-state index contributed by atoms with van der Waals surface area (Å²) in [7, 11) is 0. The molecular weight excluding hydrogens is 387 g/mol. The molecule has 0 aliphatic carbocycles. The Kier molecular flexibility index (Phi) is 5.48. The van der Waals surface area contributed by atoms with Crippen LogP contribution in [0.3, 0.4) is 0 Å². The molecule has 0 unspecified atom stereocenters. The zero-order valence-electron chi connectivity index (χ0n) is 16.5. The van der Waals surface area contributed by atoms with Gasteiger partial charge in [0.05, 0.1) is 16.8 Å². The number of anilines is 1. The topological polar surface area (TPSA) is 107 Å². The summed E-state index contributed by atoms with van der Waals surface area (Å²) >= 11 is 0. The average Bonchev–Trinajstić information content (AvgIpc) is 3.23. The molecule has 1 fully saturated rings. The second-order valence-corrected chi connectivity index (χ2v) is 7.10. The van der Waals surface area contributed by atoms with Crippen LogP contribution in [-0.4, -0.2) is 39.0 Å². The lowest BCUT2D eigenvalue weighted by molar-refractivity contribution is 0.113. The van der Waals surface area contributed by atoms with E-state index in [4.69, 9.17) is 10.1 Å². The van der Waals surface area contributed by atoms with E-state index in [0.29, 0.717) is 36.2 Å². The third kappa shape index (κ3) is 3.64. The van der Waals surface area contributed by atoms with Crippen LogP contribution in [0.25, 0.3) is 22.2 Å². The monoisotopic (exact) mass is 408 g/mol. The lowest BCUT2D eigenvalue weighted by Crippen LogP contribution is -2.37. The number of amides is 1. The maximum Gasteiger partial charge on any atom is 0.434 e. The molecular formula is C21H21FN6O2. The van der Waals surface area contributed by atoms with E-state index in [1.165, 1.54) is 6.07 Å². The number of nitrogens with zero attached hydrogens (tertiary/aromatic N) is 4. The van der Waals surface area contributed by atoms with Crippen LogP contribution in [0.1, 0.15) is 37.3 Å². The Morgan fingerprint density at radius 3 is 2.90 bits per heavy atom. The predicted octanol–water partition coefficient (Wildman–Crippen LogP) is 4.15. The number of H-pyrrole nitrogens is 1. The lowest BCUT2D eigenvalue weighted by atomic mass is 10.0. The standard InChI is InChI=1S/C21H21FN6O2/c1-2-13-11-25-20(27-30-21(29)28-8-4-3-5-9-28)26-18(13)16-12-24-19-15(16)7-6-14(10-23)17(19)22/h6-7,11-12,24H,2-5,8-9H2,1H3,(H,25,26,27). The van der Waals surface area contributed by atoms with Crippen LogP contribution in [0.15, 0.2) is 24.5 Å². The number of piperidine rings is 1. The Balaban J connectivity index is 1.62. The molecule has 1 amide bonds. The van der Waals surface area contributed by atoms with Crippen LogP contribution in [0.4, 0.5) is 15.1 Å². The van der Waals surface area contributed by atoms with Gasteiger partial charge in [-0.15, -0.1) is 0 Å². The number of hydrogen-bond donors (Lipinski definition) is 2. The van der Waals surface area contributed by atoms with Gasteiger partial charge in [-0.2, -0.15) is 10.7 Å². The van der Waals surface area contributed by atoms with Gasteiger partial charge in [0.2, 0.25) is 0 Å². The van der Waals surface area contributed by atoms with Gasteiger partial charge < -0.3 is 14.7 Å². The van der Waals surface area contributed by atoms with E-state index in [2.05, 4.69) is 20.4 Å². The van der Waals surface area contributed by atoms with E-state index in [9.17, 15) is 9.18 Å². The molecule has 3 heterocycles. The number of nitrogens with one attached hydrogen (secondary N) is 2. The molecule has 9 heteroatoms. The summed E-state index contributed by atoms with van der Waals surface area (Å²) in [5.74, 6) is -0.460. The number of aromatic amines is 1. The first kappa shape index (κ1) is 19.6. The molecule has 154 valence electrons. The summed E-state index contributed by atoms with van der Waals surface area (Å²) in [5.41, 5.74) is 4.88. The van der Waals surface area contributed by atoms with E-state index >= 15 is 0 Å². The molecule has 2 aromatic heterocycles. The van der Waals surface area contributed by atoms with Crippen molar-refractivity contribution in [2.45, 2.75) is 32.6 Å². The van der Waals surface area contributed by atoms with Crippen LogP contribution in [0.2, 0.25) is 0 Å². The van der Waals surface area contributed by atoms with Crippen molar-refractivity contribution in [3.8, 4) is 17.3 Å². The van der Waals surface area contributed by atoms with Gasteiger partial charge in [-0.3, -0.25) is 0 Å². The largest absolute Gasteiger partial charge is 0.434 e. The minimum absolute atomic E-state index is 0.0266. The number of carbonyl (C=O) groups excluding carboxylic acids is 1. The number of benzene rings is 1. The smallest absolute Gasteiger partial charge is 0.358 e. The van der Waals surface area contributed by atoms with Gasteiger partial charge in [-0.05, 0) is 37.3 Å². The molecule has 30 heavy (non-hydrogen) atoms. The molecule has 2 N–H and O–H groups in total. The predicted molar refractivity (Wildman–Crippen MR) is 109 cm³/mol. The van der Waals surface area contributed by atoms with Crippen molar-refractivity contribution in [2.75, 3.05) is 18.6 Å². The zero-order chi connectivity index (χ0) is 21.1. The fourth-order valence-corrected chi connectivity index (χ4v) is 3.62. The normalized spacial score (nSPS) is 13.8. The van der Waals surface area contributed by atoms with Crippen LogP contribution in [-0.2, 0) is 11.3 Å². The summed E-state index contributed by atoms with van der Waals surface area (Å²) in [6.45, 7) is 3.31. The molecule has 1 aromatic carbocycles. The fourth-order valence-electron chi connectivity index (χ4n) is 3.62. The molecule has 8 nitrogen and oxygen atoms in total. The van der Waals surface area contributed by atoms with Crippen LogP contribution < -0.4 is 5.48 Å². The highest BCUT2D eigenvalue weighted by Crippen LogP contribution is 2.32. The summed E-state index contributed by atoms with van der Waals surface area (Å²) in [6.07, 6.45) is 6.55. The van der Waals surface area contributed by atoms with E-state index in [1.54, 1.807) is 23.4 Å². The number of likely N-dealkylation sites (tertiary alicyclic amines) is 1. The quantitative estimate of drug-likeness (QED) is 0.628. The third-order valence-electron chi connectivity index (χ3n) is 5.26. The second-order valence-electron chi connectivity index (χ2n) is 7.10. The average molecular weight is 408 g/mol. The Morgan fingerprint density at radius 1 is 1.37 bits per heavy atom. The van der Waals surface area contributed by atoms with Crippen LogP contribution in [0, 0.1) is 17.1 Å². The summed E-state index contributed by atoms with van der Waals surface area (Å²) < 4.78 is 14.5. The molecule has 3 aromatic rings. The van der Waals surface area contributed by atoms with E-state index in [1.807, 2.05) is 13.0 Å². The highest BCUT2D eigenvalue weighted by Gasteiger charge is 2.20. The van der Waals surface area contributed by atoms with Crippen LogP contribution >= 0.6 is 0 Å². The molecule has 0 spiro atoms. The van der Waals surface area contributed by atoms with E-state index in [-0.39, 0.29) is 17.0 Å². The Hall–Kier alpha value is -3.67. The van der Waals surface area contributed by atoms with E-state index in [0.717, 1.165) is 24.8 Å². The van der Waals surface area contributed by atoms with Gasteiger partial charge in [-0.1, -0.05) is 13.0 Å². The number of nitriles is 1. The maximum atomic E-state index is 14.5. The highest BCUT2D eigenvalue weighted by molar-refractivity contribution is 5.96. The number of fused-ring (bicyclic) bond motifs is 1. The second kappa shape index (κ2) is 8.37. The molecule has 1 aliphatic rings. The molecule has 4 rings (SSSR count). The number of carbonyl (C=O) groups is 1.